The Kier molecular flexibility index (Phi) is 25.6. The van der Waals surface area contributed by atoms with Gasteiger partial charge >= 0.3 is 7.82 Å². The number of amides is 1. The highest BCUT2D eigenvalue weighted by Gasteiger charge is 2.51. The number of hydrogen-bond acceptors (Lipinski definition) is 11. The van der Waals surface area contributed by atoms with Crippen molar-refractivity contribution in [2.75, 3.05) is 6.61 Å². The number of rotatable bonds is 29. The van der Waals surface area contributed by atoms with Crippen molar-refractivity contribution < 1.29 is 59.0 Å². The number of unbranched alkanes of at least 4 members (excludes halogenated alkanes) is 14. The zero-order chi connectivity index (χ0) is 37.4. The molecule has 1 amide bonds. The minimum absolute atomic E-state index is 0.256. The highest BCUT2D eigenvalue weighted by Crippen LogP contribution is 2.47. The fourth-order valence-electron chi connectivity index (χ4n) is 5.82. The van der Waals surface area contributed by atoms with E-state index in [9.17, 15) is 50.0 Å². The van der Waals surface area contributed by atoms with Crippen LogP contribution in [0, 0.1) is 0 Å². The second-order valence-corrected chi connectivity index (χ2v) is 15.0. The van der Waals surface area contributed by atoms with Crippen LogP contribution in [0.4, 0.5) is 0 Å². The summed E-state index contributed by atoms with van der Waals surface area (Å²) in [5.41, 5.74) is 0. The number of carbonyl (C=O) groups is 1. The molecule has 0 aromatic carbocycles. The molecular formula is C36H68NO12P. The van der Waals surface area contributed by atoms with Crippen LogP contribution in [0.3, 0.4) is 0 Å². The second-order valence-electron chi connectivity index (χ2n) is 13.6. The topological polar surface area (TPSA) is 226 Å². The monoisotopic (exact) mass is 737 g/mol. The van der Waals surface area contributed by atoms with E-state index < -0.39 is 75.2 Å². The van der Waals surface area contributed by atoms with Gasteiger partial charge in [0.1, 0.15) is 36.6 Å². The predicted octanol–water partition coefficient (Wildman–Crippen LogP) is 4.08. The molecule has 9 N–H and O–H groups in total. The fourth-order valence-corrected chi connectivity index (χ4v) is 6.79. The number of phosphoric ester groups is 1. The van der Waals surface area contributed by atoms with Crippen molar-refractivity contribution in [3.05, 3.63) is 24.3 Å². The lowest BCUT2D eigenvalue weighted by atomic mass is 9.85. The van der Waals surface area contributed by atoms with Crippen molar-refractivity contribution in [2.45, 2.75) is 191 Å². The summed E-state index contributed by atoms with van der Waals surface area (Å²) in [5, 5.41) is 73.8. The normalized spacial score (nSPS) is 25.9. The lowest BCUT2D eigenvalue weighted by Gasteiger charge is -2.41. The molecule has 1 saturated carbocycles. The third-order valence-electron chi connectivity index (χ3n) is 9.03. The summed E-state index contributed by atoms with van der Waals surface area (Å²) in [7, 11) is -5.13. The van der Waals surface area contributed by atoms with Crippen LogP contribution in [0.15, 0.2) is 24.3 Å². The maximum atomic E-state index is 12.8. The van der Waals surface area contributed by atoms with Gasteiger partial charge in [-0.2, -0.15) is 0 Å². The highest BCUT2D eigenvalue weighted by molar-refractivity contribution is 7.47. The van der Waals surface area contributed by atoms with Gasteiger partial charge in [-0.1, -0.05) is 109 Å². The fraction of sp³-hybridized carbons (Fsp3) is 0.861. The molecule has 1 rings (SSSR count). The van der Waals surface area contributed by atoms with Gasteiger partial charge < -0.3 is 46.0 Å². The molecule has 0 aromatic rings. The van der Waals surface area contributed by atoms with Crippen molar-refractivity contribution in [1.29, 1.82) is 0 Å². The Bertz CT molecular complexity index is 969. The molecule has 0 aromatic heterocycles. The Labute approximate surface area is 299 Å². The van der Waals surface area contributed by atoms with Crippen LogP contribution in [0.2, 0.25) is 0 Å². The molecule has 0 bridgehead atoms. The number of nitrogens with one attached hydrogen (secondary N) is 1. The largest absolute Gasteiger partial charge is 0.472 e. The summed E-state index contributed by atoms with van der Waals surface area (Å²) in [4.78, 5) is 23.2. The molecule has 1 aliphatic carbocycles. The van der Waals surface area contributed by atoms with Crippen molar-refractivity contribution in [1.82, 2.24) is 5.32 Å². The second kappa shape index (κ2) is 27.4. The average Bonchev–Trinajstić information content (AvgIpc) is 3.08. The van der Waals surface area contributed by atoms with E-state index in [4.69, 9.17) is 9.05 Å². The zero-order valence-electron chi connectivity index (χ0n) is 30.3. The molecule has 50 heavy (non-hydrogen) atoms. The van der Waals surface area contributed by atoms with E-state index in [1.54, 1.807) is 6.08 Å². The Balaban J connectivity index is 2.70. The number of hydrogen-bond donors (Lipinski definition) is 9. The van der Waals surface area contributed by atoms with Gasteiger partial charge in [0.15, 0.2) is 0 Å². The summed E-state index contributed by atoms with van der Waals surface area (Å²) < 4.78 is 22.7. The molecule has 0 saturated heterocycles. The summed E-state index contributed by atoms with van der Waals surface area (Å²) >= 11 is 0. The van der Waals surface area contributed by atoms with Gasteiger partial charge in [0.05, 0.1) is 31.3 Å². The smallest absolute Gasteiger partial charge is 0.393 e. The van der Waals surface area contributed by atoms with Crippen LogP contribution in [0.25, 0.3) is 0 Å². The van der Waals surface area contributed by atoms with E-state index in [1.807, 2.05) is 0 Å². The van der Waals surface area contributed by atoms with Gasteiger partial charge in [-0.15, -0.1) is 0 Å². The standard InChI is InChI=1S/C36H68NO12P/c1-3-5-7-9-11-13-15-17-19-21-23-27(38)25-30(40)37-28(29(39)24-22-20-18-16-14-12-10-8-6-4-2)26-48-50(46,47)49-36-34(44)32(42)31(41)33(43)35(36)45/h11,13,22,24,27-29,31-36,38-39,41-45H,3-10,12,14-21,23,25-26H2,1-2H3,(H,37,40)(H,46,47)/b13-11-,24-22+. The molecule has 8 atom stereocenters. The predicted molar refractivity (Wildman–Crippen MR) is 192 cm³/mol. The Morgan fingerprint density at radius 2 is 1.16 bits per heavy atom. The molecule has 1 aliphatic rings. The van der Waals surface area contributed by atoms with E-state index in [2.05, 4.69) is 31.3 Å². The lowest BCUT2D eigenvalue weighted by molar-refractivity contribution is -0.220. The van der Waals surface area contributed by atoms with Gasteiger partial charge in [-0.3, -0.25) is 13.8 Å². The maximum absolute atomic E-state index is 12.8. The first-order chi connectivity index (χ1) is 23.8. The lowest BCUT2D eigenvalue weighted by Crippen LogP contribution is -2.64. The van der Waals surface area contributed by atoms with E-state index in [0.29, 0.717) is 12.8 Å². The number of aliphatic hydroxyl groups excluding tert-OH is 7. The first-order valence-electron chi connectivity index (χ1n) is 18.9. The van der Waals surface area contributed by atoms with Crippen LogP contribution in [-0.2, 0) is 18.4 Å². The third kappa shape index (κ3) is 20.1. The van der Waals surface area contributed by atoms with E-state index in [-0.39, 0.29) is 6.42 Å². The van der Waals surface area contributed by atoms with Crippen LogP contribution in [-0.4, -0.2) is 108 Å². The minimum Gasteiger partial charge on any atom is -0.393 e. The Morgan fingerprint density at radius 3 is 1.74 bits per heavy atom. The molecule has 0 radical (unpaired) electrons. The Hall–Kier alpha value is -1.22. The molecule has 294 valence electrons. The molecular weight excluding hydrogens is 669 g/mol. The SMILES string of the molecule is CCCCC/C=C\CCCCCC(O)CC(=O)NC(COP(=O)(O)OC1C(O)C(O)C(O)C(O)C1O)C(O)/C=C/CCCCCCCCCC. The van der Waals surface area contributed by atoms with Crippen molar-refractivity contribution in [2.24, 2.45) is 0 Å². The van der Waals surface area contributed by atoms with Gasteiger partial charge in [-0.05, 0) is 44.9 Å². The number of phosphoric acid groups is 1. The van der Waals surface area contributed by atoms with Crippen LogP contribution >= 0.6 is 7.82 Å². The Morgan fingerprint density at radius 1 is 0.700 bits per heavy atom. The first kappa shape index (κ1) is 46.8. The third-order valence-corrected chi connectivity index (χ3v) is 10.0. The van der Waals surface area contributed by atoms with Gasteiger partial charge in [-0.25, -0.2) is 4.57 Å². The van der Waals surface area contributed by atoms with Crippen molar-refractivity contribution in [3.63, 3.8) is 0 Å². The molecule has 0 aliphatic heterocycles. The first-order valence-corrected chi connectivity index (χ1v) is 20.4. The van der Waals surface area contributed by atoms with Crippen molar-refractivity contribution >= 4 is 13.7 Å². The highest BCUT2D eigenvalue weighted by atomic mass is 31.2. The van der Waals surface area contributed by atoms with E-state index in [1.165, 1.54) is 57.4 Å². The van der Waals surface area contributed by atoms with Gasteiger partial charge in [0.2, 0.25) is 5.91 Å². The number of carbonyl (C=O) groups excluding carboxylic acids is 1. The van der Waals surface area contributed by atoms with Crippen LogP contribution < -0.4 is 5.32 Å². The summed E-state index contributed by atoms with van der Waals surface area (Å²) in [6.07, 6.45) is 11.6. The molecule has 13 nitrogen and oxygen atoms in total. The summed E-state index contributed by atoms with van der Waals surface area (Å²) in [6.45, 7) is 3.62. The minimum atomic E-state index is -5.13. The number of allylic oxidation sites excluding steroid dienone is 3. The molecule has 14 heteroatoms. The molecule has 0 spiro atoms. The molecule has 1 fully saturated rings. The van der Waals surface area contributed by atoms with E-state index in [0.717, 1.165) is 51.4 Å². The average molecular weight is 738 g/mol. The van der Waals surface area contributed by atoms with Crippen LogP contribution in [0.5, 0.6) is 0 Å². The summed E-state index contributed by atoms with van der Waals surface area (Å²) in [5.74, 6) is -0.608. The molecule has 0 heterocycles. The summed E-state index contributed by atoms with van der Waals surface area (Å²) in [6, 6.07) is -1.24. The van der Waals surface area contributed by atoms with Gasteiger partial charge in [0.25, 0.3) is 0 Å². The number of aliphatic hydroxyl groups is 7. The van der Waals surface area contributed by atoms with Crippen molar-refractivity contribution in [3.8, 4) is 0 Å². The maximum Gasteiger partial charge on any atom is 0.472 e. The zero-order valence-corrected chi connectivity index (χ0v) is 31.2. The van der Waals surface area contributed by atoms with Crippen LogP contribution in [0.1, 0.15) is 136 Å². The quantitative estimate of drug-likeness (QED) is 0.0301. The molecule has 8 unspecified atom stereocenters. The van der Waals surface area contributed by atoms with E-state index >= 15 is 0 Å². The van der Waals surface area contributed by atoms with Gasteiger partial charge in [0, 0.05) is 0 Å².